The minimum Gasteiger partial charge on any atom is -0.669 e. The molecule has 0 spiro atoms. The number of pyridine rings is 1. The fraction of sp³-hybridized carbons (Fsp3) is 0.381. The fourth-order valence-electron chi connectivity index (χ4n) is 4.20. The van der Waals surface area contributed by atoms with Gasteiger partial charge in [0, 0.05) is 12.3 Å². The Bertz CT molecular complexity index is 1190. The minimum atomic E-state index is -3.18. The Labute approximate surface area is 188 Å². The topological polar surface area (TPSA) is 159 Å². The molecule has 0 saturated carbocycles. The highest BCUT2D eigenvalue weighted by atomic mass is 16.6. The number of fused-ring (bicyclic) bond motifs is 1. The predicted molar refractivity (Wildman–Crippen MR) is 116 cm³/mol. The van der Waals surface area contributed by atoms with E-state index in [4.69, 9.17) is 9.39 Å². The van der Waals surface area contributed by atoms with Crippen LogP contribution in [0.4, 0.5) is 0 Å². The molecule has 1 saturated heterocycles. The van der Waals surface area contributed by atoms with Crippen molar-refractivity contribution in [1.29, 1.82) is 0 Å². The molecule has 1 atom stereocenters. The Morgan fingerprint density at radius 2 is 1.94 bits per heavy atom. The predicted octanol–water partition coefficient (Wildman–Crippen LogP) is 0.270. The second-order valence-electron chi connectivity index (χ2n) is 8.56. The quantitative estimate of drug-likeness (QED) is 0.461. The molecular weight excluding hydrogens is 435 g/mol. The summed E-state index contributed by atoms with van der Waals surface area (Å²) in [6.07, 6.45) is 0.923. The van der Waals surface area contributed by atoms with Crippen LogP contribution in [0.25, 0.3) is 0 Å². The maximum absolute atomic E-state index is 12.5. The molecule has 1 amide bonds. The number of aromatic hydroxyl groups is 1. The highest BCUT2D eigenvalue weighted by Gasteiger charge is 2.38. The first-order chi connectivity index (χ1) is 15.5. The number of aromatic nitrogens is 1. The monoisotopic (exact) mass is 459 g/mol. The highest BCUT2D eigenvalue weighted by molar-refractivity contribution is 6.59. The largest absolute Gasteiger partial charge is 0.669 e. The van der Waals surface area contributed by atoms with Crippen molar-refractivity contribution in [3.8, 4) is 17.2 Å². The van der Waals surface area contributed by atoms with Crippen LogP contribution in [0.1, 0.15) is 34.5 Å². The molecule has 176 valence electrons. The fourth-order valence-corrected chi connectivity index (χ4v) is 4.20. The molecule has 4 N–H and O–H groups in total. The molecule has 0 radical (unpaired) electrons. The van der Waals surface area contributed by atoms with Gasteiger partial charge in [0.25, 0.3) is 0 Å². The van der Waals surface area contributed by atoms with Gasteiger partial charge in [0.15, 0.2) is 5.75 Å². The van der Waals surface area contributed by atoms with Crippen LogP contribution in [0.5, 0.6) is 17.2 Å². The average molecular weight is 459 g/mol. The maximum Gasteiger partial charge on any atom is 0.431 e. The third-order valence-electron chi connectivity index (χ3n) is 6.07. The first-order valence-electron chi connectivity index (χ1n) is 10.5. The number of carbonyl (C=O) groups is 2. The summed E-state index contributed by atoms with van der Waals surface area (Å²) >= 11 is 0. The smallest absolute Gasteiger partial charge is 0.431 e. The van der Waals surface area contributed by atoms with Gasteiger partial charge in [-0.3, -0.25) is 9.59 Å². The molecule has 0 unspecified atom stereocenters. The SMILES string of the molecule is Cc1c(O)c(=O)ccn1CC(=O)N1CC(Oc2ccc3c(c2C(=O)O)O[B-](O)(O)C[C@@H]3C)C1. The first kappa shape index (κ1) is 22.7. The van der Waals surface area contributed by atoms with E-state index in [-0.39, 0.29) is 60.5 Å². The van der Waals surface area contributed by atoms with Crippen LogP contribution in [-0.4, -0.2) is 67.6 Å². The summed E-state index contributed by atoms with van der Waals surface area (Å²) in [5.74, 6) is -2.41. The maximum atomic E-state index is 12.5. The number of amides is 1. The molecule has 2 aromatic rings. The molecule has 1 aromatic heterocycles. The van der Waals surface area contributed by atoms with Crippen LogP contribution in [0.2, 0.25) is 6.32 Å². The molecule has 12 heteroatoms. The van der Waals surface area contributed by atoms with E-state index < -0.39 is 30.0 Å². The number of ether oxygens (including phenoxy) is 1. The number of carboxylic acids is 1. The van der Waals surface area contributed by atoms with Gasteiger partial charge in [-0.1, -0.05) is 19.3 Å². The van der Waals surface area contributed by atoms with E-state index in [0.717, 1.165) is 0 Å². The summed E-state index contributed by atoms with van der Waals surface area (Å²) in [5, 5.41) is 39.4. The Hall–Kier alpha value is -3.51. The van der Waals surface area contributed by atoms with Gasteiger partial charge in [-0.15, -0.1) is 0 Å². The molecule has 4 rings (SSSR count). The third kappa shape index (κ3) is 4.26. The Kier molecular flexibility index (Phi) is 5.58. The Morgan fingerprint density at radius 1 is 1.24 bits per heavy atom. The molecule has 1 fully saturated rings. The van der Waals surface area contributed by atoms with Crippen molar-refractivity contribution in [1.82, 2.24) is 9.47 Å². The van der Waals surface area contributed by atoms with E-state index >= 15 is 0 Å². The molecule has 33 heavy (non-hydrogen) atoms. The lowest BCUT2D eigenvalue weighted by Gasteiger charge is -2.42. The number of likely N-dealkylation sites (tertiary alicyclic amines) is 1. The number of nitrogens with zero attached hydrogens (tertiary/aromatic N) is 2. The van der Waals surface area contributed by atoms with Gasteiger partial charge in [0.05, 0.1) is 24.5 Å². The number of carboxylic acid groups (broad SMARTS) is 1. The molecule has 2 aliphatic heterocycles. The van der Waals surface area contributed by atoms with Crippen LogP contribution in [0, 0.1) is 6.92 Å². The zero-order chi connectivity index (χ0) is 24.1. The van der Waals surface area contributed by atoms with Crippen LogP contribution < -0.4 is 14.8 Å². The van der Waals surface area contributed by atoms with E-state index in [1.54, 1.807) is 13.0 Å². The summed E-state index contributed by atoms with van der Waals surface area (Å²) in [5.41, 5.74) is 0.0131. The minimum absolute atomic E-state index is 0.0141. The van der Waals surface area contributed by atoms with Crippen molar-refractivity contribution in [3.63, 3.8) is 0 Å². The Balaban J connectivity index is 1.46. The molecule has 3 heterocycles. The molecule has 0 bridgehead atoms. The lowest BCUT2D eigenvalue weighted by molar-refractivity contribution is -0.140. The van der Waals surface area contributed by atoms with Crippen molar-refractivity contribution >= 4 is 18.6 Å². The van der Waals surface area contributed by atoms with Gasteiger partial charge in [0.2, 0.25) is 11.3 Å². The summed E-state index contributed by atoms with van der Waals surface area (Å²) in [6.45, 7) is 0.456. The van der Waals surface area contributed by atoms with Gasteiger partial charge in [0.1, 0.15) is 24.0 Å². The standard InChI is InChI=1S/C21H24BN2O9/c1-11-7-22(30,31)33-20-14(11)3-4-16(18(20)21(28)29)32-13-8-24(9-13)17(26)10-23-6-5-15(25)19(27)12(23)2/h3-6,11,13,27,30-31H,7-10H2,1-2H3,(H,28,29)/q-1/t11-/m0/s1. The van der Waals surface area contributed by atoms with Crippen molar-refractivity contribution in [3.05, 3.63) is 51.4 Å². The van der Waals surface area contributed by atoms with Crippen LogP contribution in [-0.2, 0) is 11.3 Å². The lowest BCUT2D eigenvalue weighted by Crippen LogP contribution is -2.57. The molecule has 1 aromatic carbocycles. The van der Waals surface area contributed by atoms with E-state index in [1.165, 1.54) is 34.7 Å². The number of carbonyl (C=O) groups excluding carboxylic acids is 1. The number of hydrogen-bond acceptors (Lipinski definition) is 8. The second-order valence-corrected chi connectivity index (χ2v) is 8.56. The van der Waals surface area contributed by atoms with E-state index in [9.17, 15) is 34.6 Å². The second kappa shape index (κ2) is 8.12. The number of hydrogen-bond donors (Lipinski definition) is 4. The summed E-state index contributed by atoms with van der Waals surface area (Å²) < 4.78 is 12.5. The van der Waals surface area contributed by atoms with Gasteiger partial charge < -0.3 is 39.1 Å². The molecular formula is C21H24BN2O9-. The van der Waals surface area contributed by atoms with Crippen molar-refractivity contribution in [2.45, 2.75) is 38.7 Å². The molecule has 2 aliphatic rings. The zero-order valence-corrected chi connectivity index (χ0v) is 18.1. The van der Waals surface area contributed by atoms with Crippen LogP contribution in [0.3, 0.4) is 0 Å². The average Bonchev–Trinajstić information content (AvgIpc) is 2.69. The van der Waals surface area contributed by atoms with Crippen molar-refractivity contribution in [2.24, 2.45) is 0 Å². The van der Waals surface area contributed by atoms with E-state index in [2.05, 4.69) is 0 Å². The number of benzene rings is 1. The summed E-state index contributed by atoms with van der Waals surface area (Å²) in [6, 6.07) is 4.33. The van der Waals surface area contributed by atoms with E-state index in [0.29, 0.717) is 5.56 Å². The summed E-state index contributed by atoms with van der Waals surface area (Å²) in [4.78, 5) is 37.4. The lowest BCUT2D eigenvalue weighted by atomic mass is 9.65. The molecule has 11 nitrogen and oxygen atoms in total. The zero-order valence-electron chi connectivity index (χ0n) is 18.1. The van der Waals surface area contributed by atoms with Crippen molar-refractivity contribution in [2.75, 3.05) is 13.1 Å². The van der Waals surface area contributed by atoms with Crippen LogP contribution >= 0.6 is 0 Å². The highest BCUT2D eigenvalue weighted by Crippen LogP contribution is 2.43. The van der Waals surface area contributed by atoms with Gasteiger partial charge in [-0.25, -0.2) is 4.79 Å². The van der Waals surface area contributed by atoms with Gasteiger partial charge >= 0.3 is 12.7 Å². The Morgan fingerprint density at radius 3 is 2.61 bits per heavy atom. The first-order valence-corrected chi connectivity index (χ1v) is 10.5. The summed E-state index contributed by atoms with van der Waals surface area (Å²) in [7, 11) is 0. The number of rotatable bonds is 5. The molecule has 0 aliphatic carbocycles. The van der Waals surface area contributed by atoms with E-state index in [1.807, 2.05) is 0 Å². The van der Waals surface area contributed by atoms with Gasteiger partial charge in [-0.05, 0) is 24.5 Å². The van der Waals surface area contributed by atoms with Crippen LogP contribution in [0.15, 0.2) is 29.2 Å². The van der Waals surface area contributed by atoms with Crippen molar-refractivity contribution < 1.29 is 39.2 Å². The normalized spacial score (nSPS) is 19.3. The van der Waals surface area contributed by atoms with Gasteiger partial charge in [-0.2, -0.15) is 0 Å². The third-order valence-corrected chi connectivity index (χ3v) is 6.07. The number of aromatic carboxylic acids is 1.